The van der Waals surface area contributed by atoms with Gasteiger partial charge in [0.25, 0.3) is 0 Å². The molecule has 0 aliphatic carbocycles. The number of anilines is 1. The molecule has 6 nitrogen and oxygen atoms in total. The second-order valence-electron chi connectivity index (χ2n) is 7.71. The zero-order valence-corrected chi connectivity index (χ0v) is 19.8. The molecule has 0 atom stereocenters. The van der Waals surface area contributed by atoms with Crippen LogP contribution in [0.4, 0.5) is 27.6 Å². The van der Waals surface area contributed by atoms with Gasteiger partial charge in [0.1, 0.15) is 17.3 Å². The van der Waals surface area contributed by atoms with Gasteiger partial charge in [-0.2, -0.15) is 13.2 Å². The van der Waals surface area contributed by atoms with E-state index in [1.54, 1.807) is 0 Å². The van der Waals surface area contributed by atoms with E-state index in [1.165, 1.54) is 24.3 Å². The fraction of sp³-hybridized carbons (Fsp3) is 0.120. The second-order valence-corrected chi connectivity index (χ2v) is 9.46. The van der Waals surface area contributed by atoms with E-state index in [4.69, 9.17) is 6.42 Å². The van der Waals surface area contributed by atoms with E-state index in [9.17, 15) is 35.2 Å². The van der Waals surface area contributed by atoms with Gasteiger partial charge >= 0.3 is 6.18 Å². The second kappa shape index (κ2) is 10.8. The summed E-state index contributed by atoms with van der Waals surface area (Å²) in [5, 5.41) is 2.46. The van der Waals surface area contributed by atoms with Gasteiger partial charge in [0, 0.05) is 23.7 Å². The molecule has 0 aliphatic heterocycles. The number of nitrogens with one attached hydrogen (secondary N) is 2. The number of terminal acetylenes is 1. The van der Waals surface area contributed by atoms with Crippen molar-refractivity contribution in [3.05, 3.63) is 88.6 Å². The van der Waals surface area contributed by atoms with Gasteiger partial charge < -0.3 is 5.32 Å². The standard InChI is InChI=1S/C25H18F5N3O3S/c1-3-16-11-15(12-20(27)24(16)33-37(2,35)36)14-31-22(34)10-8-17-7-9-21(25(28,29)30)32-23(17)18-5-4-6-19(26)13-18/h1,4-13,33H,14H2,2H3,(H,31,34)/b10-8+. The molecule has 1 aromatic heterocycles. The number of nitrogens with zero attached hydrogens (tertiary/aromatic N) is 1. The van der Waals surface area contributed by atoms with Crippen LogP contribution in [-0.4, -0.2) is 25.6 Å². The Morgan fingerprint density at radius 1 is 1.14 bits per heavy atom. The molecule has 1 amide bonds. The lowest BCUT2D eigenvalue weighted by Gasteiger charge is -2.12. The molecule has 2 N–H and O–H groups in total. The average Bonchev–Trinajstić information content (AvgIpc) is 2.81. The van der Waals surface area contributed by atoms with Crippen molar-refractivity contribution in [3.63, 3.8) is 0 Å². The summed E-state index contributed by atoms with van der Waals surface area (Å²) in [6, 6.07) is 8.95. The number of carbonyl (C=O) groups excluding carboxylic acids is 1. The summed E-state index contributed by atoms with van der Waals surface area (Å²) in [6.07, 6.45) is 3.65. The number of benzene rings is 2. The van der Waals surface area contributed by atoms with E-state index in [1.807, 2.05) is 4.72 Å². The van der Waals surface area contributed by atoms with Crippen molar-refractivity contribution >= 4 is 27.7 Å². The van der Waals surface area contributed by atoms with Crippen LogP contribution >= 0.6 is 0 Å². The van der Waals surface area contributed by atoms with Gasteiger partial charge in [0.2, 0.25) is 15.9 Å². The minimum Gasteiger partial charge on any atom is -0.348 e. The van der Waals surface area contributed by atoms with Gasteiger partial charge in [-0.1, -0.05) is 24.1 Å². The third-order valence-corrected chi connectivity index (χ3v) is 5.36. The Kier molecular flexibility index (Phi) is 7.98. The van der Waals surface area contributed by atoms with Crippen LogP contribution in [-0.2, 0) is 27.5 Å². The molecule has 1 heterocycles. The van der Waals surface area contributed by atoms with E-state index >= 15 is 0 Å². The van der Waals surface area contributed by atoms with Gasteiger partial charge in [-0.3, -0.25) is 9.52 Å². The first kappa shape index (κ1) is 27.3. The van der Waals surface area contributed by atoms with Crippen LogP contribution in [0.3, 0.4) is 0 Å². The highest BCUT2D eigenvalue weighted by Gasteiger charge is 2.33. The summed E-state index contributed by atoms with van der Waals surface area (Å²) in [7, 11) is -3.79. The first-order chi connectivity index (χ1) is 17.3. The van der Waals surface area contributed by atoms with E-state index in [0.717, 1.165) is 42.7 Å². The molecule has 2 aromatic carbocycles. The summed E-state index contributed by atoms with van der Waals surface area (Å²) in [6.45, 7) is -0.198. The van der Waals surface area contributed by atoms with Gasteiger partial charge in [-0.25, -0.2) is 22.2 Å². The highest BCUT2D eigenvalue weighted by Crippen LogP contribution is 2.32. The Balaban J connectivity index is 1.82. The highest BCUT2D eigenvalue weighted by atomic mass is 32.2. The number of amides is 1. The molecular weight excluding hydrogens is 517 g/mol. The van der Waals surface area contributed by atoms with Crippen molar-refractivity contribution in [2.75, 3.05) is 11.0 Å². The molecule has 0 saturated heterocycles. The first-order valence-electron chi connectivity index (χ1n) is 10.3. The molecule has 0 aliphatic rings. The number of hydrogen-bond acceptors (Lipinski definition) is 4. The van der Waals surface area contributed by atoms with Crippen molar-refractivity contribution in [2.45, 2.75) is 12.7 Å². The maximum Gasteiger partial charge on any atom is 0.433 e. The Morgan fingerprint density at radius 2 is 1.86 bits per heavy atom. The molecule has 0 saturated carbocycles. The van der Waals surface area contributed by atoms with Crippen LogP contribution in [0.2, 0.25) is 0 Å². The first-order valence-corrected chi connectivity index (χ1v) is 12.2. The summed E-state index contributed by atoms with van der Waals surface area (Å²) < 4.78 is 92.4. The zero-order valence-electron chi connectivity index (χ0n) is 19.0. The quantitative estimate of drug-likeness (QED) is 0.260. The van der Waals surface area contributed by atoms with E-state index in [0.29, 0.717) is 0 Å². The Hall–Kier alpha value is -4.24. The summed E-state index contributed by atoms with van der Waals surface area (Å²) in [4.78, 5) is 15.9. The number of alkyl halides is 3. The lowest BCUT2D eigenvalue weighted by atomic mass is 10.0. The Bertz CT molecular complexity index is 1530. The fourth-order valence-electron chi connectivity index (χ4n) is 3.21. The molecule has 0 bridgehead atoms. The van der Waals surface area contributed by atoms with Crippen molar-refractivity contribution in [1.82, 2.24) is 10.3 Å². The highest BCUT2D eigenvalue weighted by molar-refractivity contribution is 7.92. The molecule has 3 rings (SSSR count). The number of carbonyl (C=O) groups is 1. The van der Waals surface area contributed by atoms with E-state index in [2.05, 4.69) is 16.2 Å². The molecule has 0 radical (unpaired) electrons. The van der Waals surface area contributed by atoms with Gasteiger partial charge in [-0.05, 0) is 42.0 Å². The van der Waals surface area contributed by atoms with Crippen LogP contribution in [0, 0.1) is 24.0 Å². The number of halogens is 5. The van der Waals surface area contributed by atoms with Crippen LogP contribution in [0.1, 0.15) is 22.4 Å². The van der Waals surface area contributed by atoms with Crippen LogP contribution in [0.25, 0.3) is 17.3 Å². The predicted molar refractivity (Wildman–Crippen MR) is 128 cm³/mol. The summed E-state index contributed by atoms with van der Waals surface area (Å²) >= 11 is 0. The SMILES string of the molecule is C#Cc1cc(CNC(=O)/C=C/c2ccc(C(F)(F)F)nc2-c2cccc(F)c2)cc(F)c1NS(C)(=O)=O. The number of sulfonamides is 1. The molecule has 3 aromatic rings. The van der Waals surface area contributed by atoms with Crippen LogP contribution < -0.4 is 10.0 Å². The Labute approximate surface area is 209 Å². The summed E-state index contributed by atoms with van der Waals surface area (Å²) in [5.41, 5.74) is -1.44. The number of hydrogen-bond donors (Lipinski definition) is 2. The normalized spacial score (nSPS) is 11.8. The monoisotopic (exact) mass is 535 g/mol. The van der Waals surface area contributed by atoms with E-state index < -0.39 is 45.1 Å². The lowest BCUT2D eigenvalue weighted by Crippen LogP contribution is -2.21. The maximum atomic E-state index is 14.4. The minimum absolute atomic E-state index is 0.0752. The third kappa shape index (κ3) is 7.37. The van der Waals surface area contributed by atoms with Crippen molar-refractivity contribution in [1.29, 1.82) is 0 Å². The largest absolute Gasteiger partial charge is 0.433 e. The smallest absolute Gasteiger partial charge is 0.348 e. The topological polar surface area (TPSA) is 88.2 Å². The lowest BCUT2D eigenvalue weighted by molar-refractivity contribution is -0.141. The van der Waals surface area contributed by atoms with E-state index in [-0.39, 0.29) is 34.5 Å². The molecule has 192 valence electrons. The van der Waals surface area contributed by atoms with Gasteiger partial charge in [-0.15, -0.1) is 6.42 Å². The summed E-state index contributed by atoms with van der Waals surface area (Å²) in [5.74, 6) is -0.149. The van der Waals surface area contributed by atoms with Crippen molar-refractivity contribution < 1.29 is 35.2 Å². The number of rotatable bonds is 7. The van der Waals surface area contributed by atoms with Crippen LogP contribution in [0.15, 0.2) is 54.6 Å². The van der Waals surface area contributed by atoms with Crippen molar-refractivity contribution in [3.8, 4) is 23.6 Å². The Morgan fingerprint density at radius 3 is 2.49 bits per heavy atom. The number of pyridine rings is 1. The minimum atomic E-state index is -4.74. The van der Waals surface area contributed by atoms with Crippen LogP contribution in [0.5, 0.6) is 0 Å². The third-order valence-electron chi connectivity index (χ3n) is 4.79. The van der Waals surface area contributed by atoms with Crippen molar-refractivity contribution in [2.24, 2.45) is 0 Å². The molecule has 0 unspecified atom stereocenters. The number of aromatic nitrogens is 1. The zero-order chi connectivity index (χ0) is 27.4. The predicted octanol–water partition coefficient (Wildman–Crippen LogP) is 4.73. The molecule has 0 spiro atoms. The molecule has 37 heavy (non-hydrogen) atoms. The maximum absolute atomic E-state index is 14.4. The molecular formula is C25H18F5N3O3S. The molecule has 12 heteroatoms. The molecule has 0 fully saturated rings. The van der Waals surface area contributed by atoms with Gasteiger partial charge in [0.05, 0.1) is 23.2 Å². The van der Waals surface area contributed by atoms with Gasteiger partial charge in [0.15, 0.2) is 0 Å². The fourth-order valence-corrected chi connectivity index (χ4v) is 3.79. The average molecular weight is 535 g/mol.